The van der Waals surface area contributed by atoms with Gasteiger partial charge >= 0.3 is 0 Å². The number of aliphatic hydroxyl groups excluding tert-OH is 1. The van der Waals surface area contributed by atoms with Crippen molar-refractivity contribution in [2.24, 2.45) is 0 Å². The van der Waals surface area contributed by atoms with Crippen molar-refractivity contribution in [3.8, 4) is 0 Å². The Bertz CT molecular complexity index is 563. The van der Waals surface area contributed by atoms with E-state index >= 15 is 0 Å². The highest BCUT2D eigenvalue weighted by Crippen LogP contribution is 2.20. The maximum atomic E-state index is 13.5. The van der Waals surface area contributed by atoms with E-state index < -0.39 is 6.10 Å². The number of hydrogen-bond acceptors (Lipinski definition) is 2. The molecule has 3 nitrogen and oxygen atoms in total. The van der Waals surface area contributed by atoms with Crippen LogP contribution in [0.2, 0.25) is 0 Å². The molecule has 0 saturated heterocycles. The van der Waals surface area contributed by atoms with Gasteiger partial charge in [-0.3, -0.25) is 4.68 Å². The summed E-state index contributed by atoms with van der Waals surface area (Å²) in [6, 6.07) is 6.27. The van der Waals surface area contributed by atoms with Crippen molar-refractivity contribution in [2.45, 2.75) is 33.4 Å². The molecule has 1 atom stereocenters. The average Bonchev–Trinajstić information content (AvgIpc) is 2.57. The summed E-state index contributed by atoms with van der Waals surface area (Å²) in [4.78, 5) is 0. The van der Waals surface area contributed by atoms with E-state index in [0.717, 1.165) is 17.0 Å². The molecule has 0 radical (unpaired) electrons. The largest absolute Gasteiger partial charge is 0.386 e. The van der Waals surface area contributed by atoms with Crippen LogP contribution in [0.15, 0.2) is 24.3 Å². The second-order valence-corrected chi connectivity index (χ2v) is 4.52. The van der Waals surface area contributed by atoms with E-state index in [1.54, 1.807) is 22.9 Å². The van der Waals surface area contributed by atoms with Crippen LogP contribution in [-0.4, -0.2) is 14.9 Å². The first-order valence-corrected chi connectivity index (χ1v) is 5.93. The minimum Gasteiger partial charge on any atom is -0.386 e. The first kappa shape index (κ1) is 12.8. The molecule has 96 valence electrons. The number of aromatic nitrogens is 2. The van der Waals surface area contributed by atoms with Crippen molar-refractivity contribution in [1.82, 2.24) is 9.78 Å². The molecule has 0 fully saturated rings. The van der Waals surface area contributed by atoms with Crippen LogP contribution in [0.1, 0.15) is 28.6 Å². The lowest BCUT2D eigenvalue weighted by Crippen LogP contribution is -2.12. The highest BCUT2D eigenvalue weighted by Gasteiger charge is 2.15. The van der Waals surface area contributed by atoms with Crippen LogP contribution in [0.25, 0.3) is 0 Å². The van der Waals surface area contributed by atoms with Crippen molar-refractivity contribution in [3.05, 3.63) is 52.6 Å². The van der Waals surface area contributed by atoms with E-state index in [0.29, 0.717) is 5.56 Å². The molecule has 4 heteroatoms. The Kier molecular flexibility index (Phi) is 3.48. The molecule has 0 aliphatic carbocycles. The molecule has 1 aromatic carbocycles. The second-order valence-electron chi connectivity index (χ2n) is 4.52. The minimum absolute atomic E-state index is 0.265. The van der Waals surface area contributed by atoms with Gasteiger partial charge in [-0.2, -0.15) is 5.10 Å². The molecular formula is C14H17FN2O. The number of aliphatic hydroxyl groups is 1. The Morgan fingerprint density at radius 3 is 2.50 bits per heavy atom. The lowest BCUT2D eigenvalue weighted by Gasteiger charge is -2.13. The normalized spacial score (nSPS) is 12.7. The molecule has 0 amide bonds. The number of halogens is 1. The topological polar surface area (TPSA) is 38.0 Å². The maximum Gasteiger partial charge on any atom is 0.129 e. The van der Waals surface area contributed by atoms with Crippen LogP contribution in [0.5, 0.6) is 0 Å². The zero-order valence-corrected chi connectivity index (χ0v) is 10.8. The summed E-state index contributed by atoms with van der Waals surface area (Å²) in [5.74, 6) is -0.386. The van der Waals surface area contributed by atoms with Gasteiger partial charge in [0.1, 0.15) is 11.9 Å². The number of nitrogens with zero attached hydrogens (tertiary/aromatic N) is 2. The first-order valence-electron chi connectivity index (χ1n) is 5.93. The monoisotopic (exact) mass is 248 g/mol. The van der Waals surface area contributed by atoms with E-state index in [1.165, 1.54) is 6.07 Å². The van der Waals surface area contributed by atoms with Crippen LogP contribution >= 0.6 is 0 Å². The predicted octanol–water partition coefficient (Wildman–Crippen LogP) is 2.68. The molecule has 1 heterocycles. The number of hydrogen-bond donors (Lipinski definition) is 1. The molecule has 0 bridgehead atoms. The number of rotatable bonds is 3. The Hall–Kier alpha value is -1.68. The maximum absolute atomic E-state index is 13.5. The Morgan fingerprint density at radius 1 is 1.28 bits per heavy atom. The summed E-state index contributed by atoms with van der Waals surface area (Å²) >= 11 is 0. The summed E-state index contributed by atoms with van der Waals surface area (Å²) in [6.45, 7) is 6.13. The lowest BCUT2D eigenvalue weighted by atomic mass is 10.1. The van der Waals surface area contributed by atoms with E-state index in [-0.39, 0.29) is 12.4 Å². The van der Waals surface area contributed by atoms with Gasteiger partial charge < -0.3 is 5.11 Å². The van der Waals surface area contributed by atoms with Crippen LogP contribution in [-0.2, 0) is 6.54 Å². The Balaban J connectivity index is 2.24. The van der Waals surface area contributed by atoms with Gasteiger partial charge in [-0.25, -0.2) is 4.39 Å². The smallest absolute Gasteiger partial charge is 0.129 e. The lowest BCUT2D eigenvalue weighted by molar-refractivity contribution is 0.146. The number of benzene rings is 1. The standard InChI is InChI=1S/C14H17FN2O/c1-9-10(2)16-17(11(9)3)8-14(18)12-6-4-5-7-13(12)15/h4-7,14,18H,8H2,1-3H3/t14-/m0/s1. The minimum atomic E-state index is -0.886. The third-order valence-electron chi connectivity index (χ3n) is 3.35. The summed E-state index contributed by atoms with van der Waals surface area (Å²) in [5.41, 5.74) is 3.36. The fourth-order valence-corrected chi connectivity index (χ4v) is 1.97. The highest BCUT2D eigenvalue weighted by molar-refractivity contribution is 5.23. The van der Waals surface area contributed by atoms with Crippen LogP contribution < -0.4 is 0 Å². The Labute approximate surface area is 106 Å². The van der Waals surface area contributed by atoms with Crippen molar-refractivity contribution in [2.75, 3.05) is 0 Å². The van der Waals surface area contributed by atoms with Gasteiger partial charge in [0.2, 0.25) is 0 Å². The SMILES string of the molecule is Cc1nn(C[C@H](O)c2ccccc2F)c(C)c1C. The van der Waals surface area contributed by atoms with Gasteiger partial charge in [-0.1, -0.05) is 18.2 Å². The molecule has 18 heavy (non-hydrogen) atoms. The third kappa shape index (κ3) is 2.29. The number of aryl methyl sites for hydroxylation is 1. The van der Waals surface area contributed by atoms with E-state index in [4.69, 9.17) is 0 Å². The summed E-state index contributed by atoms with van der Waals surface area (Å²) in [5, 5.41) is 14.4. The van der Waals surface area contributed by atoms with Crippen molar-refractivity contribution < 1.29 is 9.50 Å². The van der Waals surface area contributed by atoms with Gasteiger partial charge in [0.05, 0.1) is 12.2 Å². The van der Waals surface area contributed by atoms with E-state index in [1.807, 2.05) is 20.8 Å². The highest BCUT2D eigenvalue weighted by atomic mass is 19.1. The molecule has 0 aliphatic rings. The van der Waals surface area contributed by atoms with Gasteiger partial charge in [0.15, 0.2) is 0 Å². The molecule has 2 rings (SSSR count). The zero-order valence-electron chi connectivity index (χ0n) is 10.8. The molecule has 0 saturated carbocycles. The summed E-state index contributed by atoms with van der Waals surface area (Å²) in [6.07, 6.45) is -0.886. The van der Waals surface area contributed by atoms with Gasteiger partial charge in [-0.15, -0.1) is 0 Å². The van der Waals surface area contributed by atoms with Crippen LogP contribution in [0, 0.1) is 26.6 Å². The van der Waals surface area contributed by atoms with Crippen molar-refractivity contribution in [3.63, 3.8) is 0 Å². The third-order valence-corrected chi connectivity index (χ3v) is 3.35. The van der Waals surface area contributed by atoms with Crippen molar-refractivity contribution >= 4 is 0 Å². The first-order chi connectivity index (χ1) is 8.50. The summed E-state index contributed by atoms with van der Waals surface area (Å²) < 4.78 is 15.3. The molecule has 1 N–H and O–H groups in total. The van der Waals surface area contributed by atoms with Gasteiger partial charge in [0, 0.05) is 11.3 Å². The molecule has 0 spiro atoms. The van der Waals surface area contributed by atoms with E-state index in [9.17, 15) is 9.50 Å². The summed E-state index contributed by atoms with van der Waals surface area (Å²) in [7, 11) is 0. The molecule has 0 unspecified atom stereocenters. The fraction of sp³-hybridized carbons (Fsp3) is 0.357. The zero-order chi connectivity index (χ0) is 13.3. The van der Waals surface area contributed by atoms with Crippen LogP contribution in [0.3, 0.4) is 0 Å². The van der Waals surface area contributed by atoms with Crippen LogP contribution in [0.4, 0.5) is 4.39 Å². The molecule has 1 aromatic heterocycles. The predicted molar refractivity (Wildman–Crippen MR) is 67.8 cm³/mol. The van der Waals surface area contributed by atoms with Gasteiger partial charge in [-0.05, 0) is 32.4 Å². The second kappa shape index (κ2) is 4.90. The quantitative estimate of drug-likeness (QED) is 0.906. The molecular weight excluding hydrogens is 231 g/mol. The average molecular weight is 248 g/mol. The van der Waals surface area contributed by atoms with E-state index in [2.05, 4.69) is 5.10 Å². The molecule has 2 aromatic rings. The fourth-order valence-electron chi connectivity index (χ4n) is 1.97. The van der Waals surface area contributed by atoms with Gasteiger partial charge in [0.25, 0.3) is 0 Å². The molecule has 0 aliphatic heterocycles. The Morgan fingerprint density at radius 2 is 1.94 bits per heavy atom. The van der Waals surface area contributed by atoms with Crippen molar-refractivity contribution in [1.29, 1.82) is 0 Å².